The van der Waals surface area contributed by atoms with Crippen molar-refractivity contribution in [1.82, 2.24) is 4.90 Å². The molecule has 1 saturated heterocycles. The highest BCUT2D eigenvalue weighted by Gasteiger charge is 2.78. The molecule has 1 aliphatic heterocycles. The molecule has 3 rings (SSSR count). The van der Waals surface area contributed by atoms with Crippen LogP contribution in [0.5, 0.6) is 0 Å². The van der Waals surface area contributed by atoms with Crippen molar-refractivity contribution in [2.75, 3.05) is 13.1 Å². The van der Waals surface area contributed by atoms with E-state index in [1.165, 1.54) is 9.13 Å². The number of rotatable bonds is 2. The fourth-order valence-electron chi connectivity index (χ4n) is 3.11. The van der Waals surface area contributed by atoms with Gasteiger partial charge in [0, 0.05) is 28.0 Å². The zero-order valence-corrected chi connectivity index (χ0v) is 12.5. The first-order chi connectivity index (χ1) is 8.43. The first-order valence-corrected chi connectivity index (χ1v) is 7.36. The Balaban J connectivity index is 1.67. The molecule has 0 N–H and O–H groups in total. The summed E-state index contributed by atoms with van der Waals surface area (Å²) in [6.45, 7) is 3.85. The van der Waals surface area contributed by atoms with Gasteiger partial charge in [-0.3, -0.25) is 4.90 Å². The number of benzene rings is 1. The number of alkyl halides is 2. The quantitative estimate of drug-likeness (QED) is 0.724. The largest absolute Gasteiger partial charge is 0.299 e. The van der Waals surface area contributed by atoms with E-state index in [-0.39, 0.29) is 0 Å². The Hall–Kier alpha value is -0.230. The van der Waals surface area contributed by atoms with Crippen LogP contribution in [0.25, 0.3) is 0 Å². The van der Waals surface area contributed by atoms with E-state index in [9.17, 15) is 8.78 Å². The van der Waals surface area contributed by atoms with Crippen LogP contribution < -0.4 is 0 Å². The molecule has 2 atom stereocenters. The number of fused-ring (bicyclic) bond motifs is 1. The van der Waals surface area contributed by atoms with Gasteiger partial charge in [0.05, 0.1) is 0 Å². The number of piperidine rings is 1. The highest BCUT2D eigenvalue weighted by atomic mass is 127. The van der Waals surface area contributed by atoms with Crippen molar-refractivity contribution >= 4 is 22.6 Å². The lowest BCUT2D eigenvalue weighted by Crippen LogP contribution is -2.33. The Bertz CT molecular complexity index is 477. The Morgan fingerprint density at radius 2 is 2.22 bits per heavy atom. The third-order valence-corrected chi connectivity index (χ3v) is 5.24. The summed E-state index contributed by atoms with van der Waals surface area (Å²) in [5, 5.41) is 0. The van der Waals surface area contributed by atoms with Gasteiger partial charge in [-0.1, -0.05) is 19.1 Å². The van der Waals surface area contributed by atoms with Crippen LogP contribution in [-0.4, -0.2) is 23.9 Å². The molecule has 0 bridgehead atoms. The zero-order valence-electron chi connectivity index (χ0n) is 10.3. The first-order valence-electron chi connectivity index (χ1n) is 6.28. The van der Waals surface area contributed by atoms with E-state index < -0.39 is 17.3 Å². The summed E-state index contributed by atoms with van der Waals surface area (Å²) in [6.07, 6.45) is 0.620. The SMILES string of the molecule is CC12CCN(Cc3cccc(I)c3)CC1C2(F)F. The van der Waals surface area contributed by atoms with E-state index >= 15 is 0 Å². The Morgan fingerprint density at radius 1 is 1.44 bits per heavy atom. The van der Waals surface area contributed by atoms with Crippen molar-refractivity contribution in [3.8, 4) is 0 Å². The Morgan fingerprint density at radius 3 is 2.89 bits per heavy atom. The standard InChI is InChI=1S/C14H16F2IN/c1-13-5-6-18(9-12(13)14(13,15)16)8-10-3-2-4-11(17)7-10/h2-4,7,12H,5-6,8-9H2,1H3. The Kier molecular flexibility index (Phi) is 2.94. The highest BCUT2D eigenvalue weighted by molar-refractivity contribution is 14.1. The van der Waals surface area contributed by atoms with Crippen LogP contribution in [0.15, 0.2) is 24.3 Å². The molecular formula is C14H16F2IN. The summed E-state index contributed by atoms with van der Waals surface area (Å²) < 4.78 is 28.5. The Labute approximate surface area is 120 Å². The van der Waals surface area contributed by atoms with Crippen molar-refractivity contribution in [1.29, 1.82) is 0 Å². The fourth-order valence-corrected chi connectivity index (χ4v) is 3.72. The summed E-state index contributed by atoms with van der Waals surface area (Å²) in [4.78, 5) is 2.17. The summed E-state index contributed by atoms with van der Waals surface area (Å²) in [5.74, 6) is -2.87. The molecule has 98 valence electrons. The van der Waals surface area contributed by atoms with E-state index in [1.807, 2.05) is 12.1 Å². The maximum Gasteiger partial charge on any atom is 0.258 e. The zero-order chi connectivity index (χ0) is 13.0. The molecule has 4 heteroatoms. The lowest BCUT2D eigenvalue weighted by molar-refractivity contribution is 0.0636. The molecule has 1 nitrogen and oxygen atoms in total. The molecule has 1 aliphatic carbocycles. The molecule has 0 radical (unpaired) electrons. The van der Waals surface area contributed by atoms with Crippen LogP contribution in [-0.2, 0) is 6.54 Å². The minimum Gasteiger partial charge on any atom is -0.299 e. The maximum absolute atomic E-state index is 13.6. The second kappa shape index (κ2) is 4.13. The van der Waals surface area contributed by atoms with Crippen LogP contribution in [0, 0.1) is 14.9 Å². The maximum atomic E-state index is 13.6. The molecule has 1 heterocycles. The second-order valence-corrected chi connectivity index (χ2v) is 6.95. The molecule has 1 aromatic carbocycles. The second-order valence-electron chi connectivity index (χ2n) is 5.71. The van der Waals surface area contributed by atoms with Gasteiger partial charge in [-0.05, 0) is 53.3 Å². The third kappa shape index (κ3) is 1.88. The normalized spacial score (nSPS) is 34.1. The van der Waals surface area contributed by atoms with E-state index in [4.69, 9.17) is 0 Å². The van der Waals surface area contributed by atoms with Crippen LogP contribution >= 0.6 is 22.6 Å². The lowest BCUT2D eigenvalue weighted by Gasteiger charge is -2.28. The van der Waals surface area contributed by atoms with Crippen molar-refractivity contribution in [2.45, 2.75) is 25.8 Å². The van der Waals surface area contributed by atoms with Gasteiger partial charge in [-0.25, -0.2) is 8.78 Å². The van der Waals surface area contributed by atoms with Gasteiger partial charge in [0.2, 0.25) is 0 Å². The van der Waals surface area contributed by atoms with Gasteiger partial charge < -0.3 is 0 Å². The lowest BCUT2D eigenvalue weighted by atomic mass is 9.97. The summed E-state index contributed by atoms with van der Waals surface area (Å²) >= 11 is 2.28. The van der Waals surface area contributed by atoms with Crippen molar-refractivity contribution in [2.24, 2.45) is 11.3 Å². The van der Waals surface area contributed by atoms with Gasteiger partial charge in [0.15, 0.2) is 0 Å². The summed E-state index contributed by atoms with van der Waals surface area (Å²) in [6, 6.07) is 8.27. The topological polar surface area (TPSA) is 3.24 Å². The minimum absolute atomic E-state index is 0.429. The van der Waals surface area contributed by atoms with E-state index in [0.717, 1.165) is 13.1 Å². The predicted octanol–water partition coefficient (Wildman–Crippen LogP) is 3.77. The van der Waals surface area contributed by atoms with Crippen molar-refractivity contribution in [3.63, 3.8) is 0 Å². The highest BCUT2D eigenvalue weighted by Crippen LogP contribution is 2.69. The van der Waals surface area contributed by atoms with Gasteiger partial charge in [0.25, 0.3) is 5.92 Å². The molecule has 1 saturated carbocycles. The molecule has 18 heavy (non-hydrogen) atoms. The van der Waals surface area contributed by atoms with Crippen molar-refractivity contribution < 1.29 is 8.78 Å². The summed E-state index contributed by atoms with van der Waals surface area (Å²) in [5.41, 5.74) is 0.503. The third-order valence-electron chi connectivity index (χ3n) is 4.57. The first kappa shape index (κ1) is 12.8. The molecule has 2 fully saturated rings. The minimum atomic E-state index is -2.44. The summed E-state index contributed by atoms with van der Waals surface area (Å²) in [7, 11) is 0. The monoisotopic (exact) mass is 363 g/mol. The van der Waals surface area contributed by atoms with Gasteiger partial charge in [0.1, 0.15) is 0 Å². The van der Waals surface area contributed by atoms with E-state index in [2.05, 4.69) is 39.6 Å². The molecule has 0 aromatic heterocycles. The van der Waals surface area contributed by atoms with E-state index in [0.29, 0.717) is 13.0 Å². The number of nitrogens with zero attached hydrogens (tertiary/aromatic N) is 1. The van der Waals surface area contributed by atoms with Crippen LogP contribution in [0.3, 0.4) is 0 Å². The molecule has 0 spiro atoms. The average Bonchev–Trinajstić information content (AvgIpc) is 2.74. The van der Waals surface area contributed by atoms with Crippen LogP contribution in [0.4, 0.5) is 8.78 Å². The van der Waals surface area contributed by atoms with Crippen LogP contribution in [0.1, 0.15) is 18.9 Å². The molecule has 1 aromatic rings. The predicted molar refractivity (Wildman–Crippen MR) is 75.6 cm³/mol. The molecular weight excluding hydrogens is 347 g/mol. The number of hydrogen-bond donors (Lipinski definition) is 0. The number of halogens is 3. The smallest absolute Gasteiger partial charge is 0.258 e. The van der Waals surface area contributed by atoms with Crippen LogP contribution in [0.2, 0.25) is 0 Å². The molecule has 0 amide bonds. The van der Waals surface area contributed by atoms with Crippen molar-refractivity contribution in [3.05, 3.63) is 33.4 Å². The fraction of sp³-hybridized carbons (Fsp3) is 0.571. The van der Waals surface area contributed by atoms with Gasteiger partial charge >= 0.3 is 0 Å². The van der Waals surface area contributed by atoms with Gasteiger partial charge in [-0.2, -0.15) is 0 Å². The molecule has 2 aliphatic rings. The van der Waals surface area contributed by atoms with Gasteiger partial charge in [-0.15, -0.1) is 0 Å². The van der Waals surface area contributed by atoms with E-state index in [1.54, 1.807) is 6.92 Å². The average molecular weight is 363 g/mol. The molecule has 2 unspecified atom stereocenters. The number of hydrogen-bond acceptors (Lipinski definition) is 1. The number of likely N-dealkylation sites (tertiary alicyclic amines) is 1.